The van der Waals surface area contributed by atoms with Gasteiger partial charge in [0.05, 0.1) is 15.5 Å². The maximum absolute atomic E-state index is 12.4. The second-order valence-corrected chi connectivity index (χ2v) is 8.30. The van der Waals surface area contributed by atoms with Gasteiger partial charge in [-0.2, -0.15) is 0 Å². The Labute approximate surface area is 136 Å². The van der Waals surface area contributed by atoms with Gasteiger partial charge in [0.2, 0.25) is 10.0 Å². The second-order valence-electron chi connectivity index (χ2n) is 5.74. The van der Waals surface area contributed by atoms with Crippen LogP contribution in [0.5, 0.6) is 0 Å². The fourth-order valence-electron chi connectivity index (χ4n) is 2.56. The molecule has 1 aromatic carbocycles. The van der Waals surface area contributed by atoms with Crippen molar-refractivity contribution in [2.45, 2.75) is 43.0 Å². The van der Waals surface area contributed by atoms with Gasteiger partial charge in [-0.25, -0.2) is 12.7 Å². The van der Waals surface area contributed by atoms with Crippen molar-refractivity contribution in [3.8, 4) is 0 Å². The van der Waals surface area contributed by atoms with E-state index in [0.717, 1.165) is 30.0 Å². The summed E-state index contributed by atoms with van der Waals surface area (Å²) >= 11 is 6.07. The lowest BCUT2D eigenvalue weighted by Gasteiger charge is -2.23. The summed E-state index contributed by atoms with van der Waals surface area (Å²) in [4.78, 5) is 12.4. The van der Waals surface area contributed by atoms with Crippen LogP contribution in [-0.2, 0) is 10.0 Å². The van der Waals surface area contributed by atoms with Gasteiger partial charge in [-0.15, -0.1) is 0 Å². The zero-order valence-corrected chi connectivity index (χ0v) is 14.4. The third-order valence-electron chi connectivity index (χ3n) is 3.90. The van der Waals surface area contributed by atoms with Gasteiger partial charge in [-0.1, -0.05) is 30.9 Å². The van der Waals surface area contributed by atoms with Crippen LogP contribution in [-0.4, -0.2) is 38.8 Å². The van der Waals surface area contributed by atoms with Crippen molar-refractivity contribution in [1.82, 2.24) is 9.62 Å². The van der Waals surface area contributed by atoms with E-state index in [9.17, 15) is 13.2 Å². The summed E-state index contributed by atoms with van der Waals surface area (Å²) in [6, 6.07) is 4.35. The van der Waals surface area contributed by atoms with Crippen LogP contribution in [0, 0.1) is 0 Å². The lowest BCUT2D eigenvalue weighted by atomic mass is 9.95. The number of halogens is 1. The summed E-state index contributed by atoms with van der Waals surface area (Å²) in [6.45, 7) is 0. The first-order valence-electron chi connectivity index (χ1n) is 7.35. The molecule has 1 aromatic rings. The third kappa shape index (κ3) is 3.80. The predicted octanol–water partition coefficient (Wildman–Crippen LogP) is 2.65. The molecule has 0 bridgehead atoms. The minimum Gasteiger partial charge on any atom is -0.349 e. The molecule has 1 fully saturated rings. The van der Waals surface area contributed by atoms with Crippen LogP contribution in [0.2, 0.25) is 5.02 Å². The summed E-state index contributed by atoms with van der Waals surface area (Å²) in [5, 5.41) is 3.21. The van der Waals surface area contributed by atoms with Gasteiger partial charge in [0.1, 0.15) is 0 Å². The van der Waals surface area contributed by atoms with Gasteiger partial charge >= 0.3 is 0 Å². The Balaban J connectivity index is 2.24. The maximum Gasteiger partial charge on any atom is 0.253 e. The Hall–Kier alpha value is -1.11. The number of hydrogen-bond acceptors (Lipinski definition) is 3. The Morgan fingerprint density at radius 1 is 1.23 bits per heavy atom. The van der Waals surface area contributed by atoms with E-state index >= 15 is 0 Å². The number of carbonyl (C=O) groups excluding carboxylic acids is 1. The molecule has 1 aliphatic carbocycles. The average molecular weight is 345 g/mol. The van der Waals surface area contributed by atoms with Crippen LogP contribution in [0.4, 0.5) is 0 Å². The highest BCUT2D eigenvalue weighted by Gasteiger charge is 2.22. The van der Waals surface area contributed by atoms with Crippen LogP contribution in [0.1, 0.15) is 42.5 Å². The molecule has 0 saturated heterocycles. The van der Waals surface area contributed by atoms with Gasteiger partial charge < -0.3 is 5.32 Å². The lowest BCUT2D eigenvalue weighted by molar-refractivity contribution is 0.0927. The minimum atomic E-state index is -3.59. The van der Waals surface area contributed by atoms with Crippen molar-refractivity contribution in [1.29, 1.82) is 0 Å². The number of nitrogens with one attached hydrogen (secondary N) is 1. The van der Waals surface area contributed by atoms with Crippen LogP contribution in [0.15, 0.2) is 23.1 Å². The monoisotopic (exact) mass is 344 g/mol. The van der Waals surface area contributed by atoms with E-state index in [1.54, 1.807) is 0 Å². The quantitative estimate of drug-likeness (QED) is 0.913. The number of nitrogens with zero attached hydrogens (tertiary/aromatic N) is 1. The number of amides is 1. The van der Waals surface area contributed by atoms with E-state index in [1.165, 1.54) is 38.7 Å². The van der Waals surface area contributed by atoms with Crippen molar-refractivity contribution in [2.75, 3.05) is 14.1 Å². The Morgan fingerprint density at radius 3 is 2.45 bits per heavy atom. The molecule has 1 N–H and O–H groups in total. The summed E-state index contributed by atoms with van der Waals surface area (Å²) in [5.41, 5.74) is 0.204. The number of benzene rings is 1. The van der Waals surface area contributed by atoms with Crippen LogP contribution >= 0.6 is 11.6 Å². The fraction of sp³-hybridized carbons (Fsp3) is 0.533. The molecule has 1 amide bonds. The van der Waals surface area contributed by atoms with E-state index < -0.39 is 10.0 Å². The van der Waals surface area contributed by atoms with Gasteiger partial charge in [0.15, 0.2) is 0 Å². The Bertz CT molecular complexity index is 653. The molecule has 2 rings (SSSR count). The van der Waals surface area contributed by atoms with E-state index in [2.05, 4.69) is 5.32 Å². The highest BCUT2D eigenvalue weighted by molar-refractivity contribution is 7.89. The number of carbonyl (C=O) groups is 1. The SMILES string of the molecule is CN(C)S(=O)(=O)c1ccc(Cl)c(C(=O)NC2CCCCC2)c1. The number of sulfonamides is 1. The van der Waals surface area contributed by atoms with Gasteiger partial charge in [0.25, 0.3) is 5.91 Å². The first kappa shape index (κ1) is 17.2. The molecule has 0 heterocycles. The van der Waals surface area contributed by atoms with Crippen molar-refractivity contribution in [2.24, 2.45) is 0 Å². The lowest BCUT2D eigenvalue weighted by Crippen LogP contribution is -2.36. The summed E-state index contributed by atoms with van der Waals surface area (Å²) in [5.74, 6) is -0.312. The first-order valence-corrected chi connectivity index (χ1v) is 9.17. The summed E-state index contributed by atoms with van der Waals surface area (Å²) in [7, 11) is -0.688. The van der Waals surface area contributed by atoms with Crippen molar-refractivity contribution < 1.29 is 13.2 Å². The second kappa shape index (κ2) is 6.98. The molecule has 0 unspecified atom stereocenters. The maximum atomic E-state index is 12.4. The molecule has 0 aliphatic heterocycles. The van der Waals surface area contributed by atoms with Gasteiger partial charge in [-0.3, -0.25) is 4.79 Å². The highest BCUT2D eigenvalue weighted by Crippen LogP contribution is 2.23. The highest BCUT2D eigenvalue weighted by atomic mass is 35.5. The average Bonchev–Trinajstić information content (AvgIpc) is 2.48. The topological polar surface area (TPSA) is 66.5 Å². The van der Waals surface area contributed by atoms with Crippen molar-refractivity contribution >= 4 is 27.5 Å². The van der Waals surface area contributed by atoms with Crippen LogP contribution in [0.3, 0.4) is 0 Å². The molecule has 0 aromatic heterocycles. The van der Waals surface area contributed by atoms with Crippen LogP contribution < -0.4 is 5.32 Å². The normalized spacial score (nSPS) is 16.7. The first-order chi connectivity index (χ1) is 10.3. The van der Waals surface area contributed by atoms with Gasteiger partial charge in [-0.05, 0) is 31.0 Å². The van der Waals surface area contributed by atoms with E-state index in [0.29, 0.717) is 0 Å². The zero-order chi connectivity index (χ0) is 16.3. The molecule has 1 aliphatic rings. The molecule has 122 valence electrons. The van der Waals surface area contributed by atoms with E-state index in [4.69, 9.17) is 11.6 Å². The summed E-state index contributed by atoms with van der Waals surface area (Å²) < 4.78 is 25.4. The van der Waals surface area contributed by atoms with Gasteiger partial charge in [0, 0.05) is 20.1 Å². The Morgan fingerprint density at radius 2 is 1.86 bits per heavy atom. The van der Waals surface area contributed by atoms with E-state index in [1.807, 2.05) is 0 Å². The third-order valence-corrected chi connectivity index (χ3v) is 6.04. The summed E-state index contributed by atoms with van der Waals surface area (Å²) in [6.07, 6.45) is 5.32. The molecule has 7 heteroatoms. The van der Waals surface area contributed by atoms with Crippen molar-refractivity contribution in [3.05, 3.63) is 28.8 Å². The molecule has 0 atom stereocenters. The molecular formula is C15H21ClN2O3S. The molecule has 5 nitrogen and oxygen atoms in total. The minimum absolute atomic E-state index is 0.0655. The van der Waals surface area contributed by atoms with E-state index in [-0.39, 0.29) is 27.4 Å². The number of hydrogen-bond donors (Lipinski definition) is 1. The molecule has 1 saturated carbocycles. The smallest absolute Gasteiger partial charge is 0.253 e. The van der Waals surface area contributed by atoms with Crippen molar-refractivity contribution in [3.63, 3.8) is 0 Å². The Kier molecular flexibility index (Phi) is 5.47. The molecule has 0 spiro atoms. The zero-order valence-electron chi connectivity index (χ0n) is 12.8. The molecular weight excluding hydrogens is 324 g/mol. The molecule has 0 radical (unpaired) electrons. The largest absolute Gasteiger partial charge is 0.349 e. The standard InChI is InChI=1S/C15H21ClN2O3S/c1-18(2)22(20,21)12-8-9-14(16)13(10-12)15(19)17-11-6-4-3-5-7-11/h8-11H,3-7H2,1-2H3,(H,17,19). The fourth-order valence-corrected chi connectivity index (χ4v) is 3.69. The van der Waals surface area contributed by atoms with Crippen LogP contribution in [0.25, 0.3) is 0 Å². The molecule has 22 heavy (non-hydrogen) atoms. The number of rotatable bonds is 4. The predicted molar refractivity (Wildman–Crippen MR) is 86.7 cm³/mol.